The van der Waals surface area contributed by atoms with Crippen molar-refractivity contribution in [1.82, 2.24) is 0 Å². The highest BCUT2D eigenvalue weighted by Gasteiger charge is 2.56. The molecular formula is C30H46O. The highest BCUT2D eigenvalue weighted by molar-refractivity contribution is 5.44. The van der Waals surface area contributed by atoms with E-state index < -0.39 is 0 Å². The second-order valence-corrected chi connectivity index (χ2v) is 11.9. The zero-order chi connectivity index (χ0) is 22.4. The molecule has 0 aromatic carbocycles. The van der Waals surface area contributed by atoms with Crippen molar-refractivity contribution in [3.05, 3.63) is 47.3 Å². The number of allylic oxidation sites excluding steroid dienone is 8. The van der Waals surface area contributed by atoms with Crippen LogP contribution in [0.15, 0.2) is 47.3 Å². The molecule has 0 heterocycles. The van der Waals surface area contributed by atoms with E-state index in [2.05, 4.69) is 78.8 Å². The molecule has 0 bridgehead atoms. The molecule has 0 amide bonds. The fourth-order valence-corrected chi connectivity index (χ4v) is 7.56. The van der Waals surface area contributed by atoms with Crippen LogP contribution in [0.2, 0.25) is 0 Å². The lowest BCUT2D eigenvalue weighted by Gasteiger charge is -2.54. The Kier molecular flexibility index (Phi) is 6.36. The first-order valence-electron chi connectivity index (χ1n) is 13.1. The van der Waals surface area contributed by atoms with Gasteiger partial charge in [0, 0.05) is 6.42 Å². The fourth-order valence-electron chi connectivity index (χ4n) is 7.56. The monoisotopic (exact) mass is 422 g/mol. The third-order valence-electron chi connectivity index (χ3n) is 10.0. The van der Waals surface area contributed by atoms with Crippen LogP contribution in [0.25, 0.3) is 0 Å². The van der Waals surface area contributed by atoms with E-state index in [9.17, 15) is 0 Å². The highest BCUT2D eigenvalue weighted by Crippen LogP contribution is 2.65. The molecule has 0 spiro atoms. The largest absolute Gasteiger partial charge is 0.498 e. The lowest BCUT2D eigenvalue weighted by atomic mass is 9.50. The van der Waals surface area contributed by atoms with E-state index in [1.807, 2.05) is 0 Å². The lowest BCUT2D eigenvalue weighted by Crippen LogP contribution is -2.45. The first-order chi connectivity index (χ1) is 14.7. The Bertz CT molecular complexity index is 795. The molecule has 7 atom stereocenters. The van der Waals surface area contributed by atoms with Crippen LogP contribution in [0, 0.1) is 46.3 Å². The summed E-state index contributed by atoms with van der Waals surface area (Å²) in [7, 11) is 0. The van der Waals surface area contributed by atoms with Gasteiger partial charge in [0.1, 0.15) is 0 Å². The van der Waals surface area contributed by atoms with Crippen molar-refractivity contribution in [3.8, 4) is 0 Å². The van der Waals surface area contributed by atoms with E-state index in [0.717, 1.165) is 36.7 Å². The van der Waals surface area contributed by atoms with Gasteiger partial charge in [0.2, 0.25) is 0 Å². The Morgan fingerprint density at radius 1 is 1.00 bits per heavy atom. The van der Waals surface area contributed by atoms with Gasteiger partial charge in [-0.15, -0.1) is 0 Å². The average Bonchev–Trinajstić information content (AvgIpc) is 3.09. The summed E-state index contributed by atoms with van der Waals surface area (Å²) < 4.78 is 5.89. The highest BCUT2D eigenvalue weighted by atomic mass is 16.5. The van der Waals surface area contributed by atoms with Crippen molar-refractivity contribution in [2.45, 2.75) is 87.0 Å². The molecule has 4 aliphatic rings. The molecule has 4 aliphatic carbocycles. The van der Waals surface area contributed by atoms with Gasteiger partial charge in [-0.25, -0.2) is 0 Å². The Morgan fingerprint density at radius 3 is 2.48 bits per heavy atom. The van der Waals surface area contributed by atoms with Crippen molar-refractivity contribution in [1.29, 1.82) is 0 Å². The first kappa shape index (κ1) is 22.9. The predicted octanol–water partition coefficient (Wildman–Crippen LogP) is 8.50. The fraction of sp³-hybridized carbons (Fsp3) is 0.733. The van der Waals surface area contributed by atoms with Gasteiger partial charge in [-0.2, -0.15) is 0 Å². The van der Waals surface area contributed by atoms with E-state index in [4.69, 9.17) is 4.74 Å². The van der Waals surface area contributed by atoms with Crippen LogP contribution >= 0.6 is 0 Å². The van der Waals surface area contributed by atoms with Gasteiger partial charge in [0.25, 0.3) is 0 Å². The molecule has 0 N–H and O–H groups in total. The summed E-state index contributed by atoms with van der Waals surface area (Å²) >= 11 is 0. The molecule has 1 nitrogen and oxygen atoms in total. The topological polar surface area (TPSA) is 9.23 Å². The zero-order valence-corrected chi connectivity index (χ0v) is 21.2. The van der Waals surface area contributed by atoms with Gasteiger partial charge in [-0.05, 0) is 97.0 Å². The Labute approximate surface area is 192 Å². The van der Waals surface area contributed by atoms with Gasteiger partial charge in [0.15, 0.2) is 0 Å². The maximum atomic E-state index is 5.89. The summed E-state index contributed by atoms with van der Waals surface area (Å²) in [6.45, 7) is 17.6. The van der Waals surface area contributed by atoms with E-state index >= 15 is 0 Å². The standard InChI is InChI=1S/C30H46O/c1-8-31-24-15-17-29(6)23(19-24)11-12-25-27-14-13-26(30(27,7)18-16-28(25)29)22(5)10-9-21(4)20(2)3/h9-12,19-22,26-28H,8,13-18H2,1-7H3/b10-9+/t21-,22+,26+,27-,28-,29-,30+/m0/s1. The van der Waals surface area contributed by atoms with Gasteiger partial charge < -0.3 is 4.74 Å². The molecule has 1 heteroatoms. The van der Waals surface area contributed by atoms with Crippen molar-refractivity contribution in [3.63, 3.8) is 0 Å². The normalized spacial score (nSPS) is 39.2. The molecule has 0 aromatic rings. The molecule has 2 fully saturated rings. The van der Waals surface area contributed by atoms with Crippen LogP contribution in [0.4, 0.5) is 0 Å². The molecule has 0 aromatic heterocycles. The Balaban J connectivity index is 1.57. The molecular weight excluding hydrogens is 376 g/mol. The van der Waals surface area contributed by atoms with E-state index in [-0.39, 0.29) is 0 Å². The Hall–Kier alpha value is -1.24. The van der Waals surface area contributed by atoms with Crippen molar-refractivity contribution in [2.24, 2.45) is 46.3 Å². The summed E-state index contributed by atoms with van der Waals surface area (Å²) in [5.41, 5.74) is 4.09. The number of ether oxygens (including phenoxy) is 1. The average molecular weight is 423 g/mol. The second-order valence-electron chi connectivity index (χ2n) is 11.9. The summed E-state index contributed by atoms with van der Waals surface area (Å²) in [5.74, 6) is 5.62. The van der Waals surface area contributed by atoms with Crippen LogP contribution in [0.5, 0.6) is 0 Å². The van der Waals surface area contributed by atoms with Crippen LogP contribution < -0.4 is 0 Å². The summed E-state index contributed by atoms with van der Waals surface area (Å²) in [5, 5.41) is 0. The maximum absolute atomic E-state index is 5.89. The molecule has 2 saturated carbocycles. The summed E-state index contributed by atoms with van der Waals surface area (Å²) in [6, 6.07) is 0. The molecule has 0 saturated heterocycles. The SMILES string of the molecule is CCOC1=CC2=CC=C3[C@@H]4CC[C@H]([C@H](C)/C=C/[C@H](C)C(C)C)[C@@]4(C)CC[C@@H]3[C@@]2(C)CC1. The number of fused-ring (bicyclic) bond motifs is 5. The van der Waals surface area contributed by atoms with Crippen LogP contribution in [-0.2, 0) is 4.74 Å². The number of hydrogen-bond donors (Lipinski definition) is 0. The predicted molar refractivity (Wildman–Crippen MR) is 133 cm³/mol. The zero-order valence-electron chi connectivity index (χ0n) is 21.2. The van der Waals surface area contributed by atoms with Crippen molar-refractivity contribution in [2.75, 3.05) is 6.61 Å². The van der Waals surface area contributed by atoms with Crippen molar-refractivity contribution < 1.29 is 4.74 Å². The minimum atomic E-state index is 0.308. The third-order valence-corrected chi connectivity index (χ3v) is 10.0. The lowest BCUT2D eigenvalue weighted by molar-refractivity contribution is 0.0600. The van der Waals surface area contributed by atoms with E-state index in [0.29, 0.717) is 22.7 Å². The van der Waals surface area contributed by atoms with Gasteiger partial charge in [0.05, 0.1) is 12.4 Å². The van der Waals surface area contributed by atoms with Crippen LogP contribution in [-0.4, -0.2) is 6.61 Å². The molecule has 0 radical (unpaired) electrons. The van der Waals surface area contributed by atoms with Gasteiger partial charge in [-0.1, -0.05) is 71.4 Å². The second kappa shape index (κ2) is 8.60. The molecule has 0 aliphatic heterocycles. The van der Waals surface area contributed by atoms with Gasteiger partial charge >= 0.3 is 0 Å². The van der Waals surface area contributed by atoms with E-state index in [1.54, 1.807) is 5.57 Å². The van der Waals surface area contributed by atoms with Crippen molar-refractivity contribution >= 4 is 0 Å². The molecule has 0 unspecified atom stereocenters. The van der Waals surface area contributed by atoms with Crippen LogP contribution in [0.1, 0.15) is 87.0 Å². The number of rotatable bonds is 6. The van der Waals surface area contributed by atoms with E-state index in [1.165, 1.54) is 43.4 Å². The smallest absolute Gasteiger partial charge is 0.0962 e. The van der Waals surface area contributed by atoms with Gasteiger partial charge in [-0.3, -0.25) is 0 Å². The minimum Gasteiger partial charge on any atom is -0.498 e. The summed E-state index contributed by atoms with van der Waals surface area (Å²) in [4.78, 5) is 0. The molecule has 172 valence electrons. The summed E-state index contributed by atoms with van der Waals surface area (Å²) in [6.07, 6.45) is 20.3. The Morgan fingerprint density at radius 2 is 1.77 bits per heavy atom. The maximum Gasteiger partial charge on any atom is 0.0962 e. The first-order valence-corrected chi connectivity index (χ1v) is 13.1. The number of hydrogen-bond acceptors (Lipinski definition) is 1. The quantitative estimate of drug-likeness (QED) is 0.390. The minimum absolute atomic E-state index is 0.308. The van der Waals surface area contributed by atoms with Crippen LogP contribution in [0.3, 0.4) is 0 Å². The molecule has 4 rings (SSSR count). The molecule has 31 heavy (non-hydrogen) atoms. The third kappa shape index (κ3) is 3.89.